The number of nitrogens with zero attached hydrogens (tertiary/aromatic N) is 1. The van der Waals surface area contributed by atoms with Crippen molar-refractivity contribution in [3.05, 3.63) is 71.3 Å². The van der Waals surface area contributed by atoms with Gasteiger partial charge in [0.25, 0.3) is 0 Å². The average molecular weight is 308 g/mol. The molecule has 2 atom stereocenters. The summed E-state index contributed by atoms with van der Waals surface area (Å²) in [6.45, 7) is 8.90. The number of piperidine rings is 1. The van der Waals surface area contributed by atoms with E-state index < -0.39 is 0 Å². The summed E-state index contributed by atoms with van der Waals surface area (Å²) in [6.07, 6.45) is 1.28. The molecule has 0 saturated carbocycles. The molecule has 1 fully saturated rings. The van der Waals surface area contributed by atoms with E-state index >= 15 is 0 Å². The van der Waals surface area contributed by atoms with Gasteiger partial charge >= 0.3 is 0 Å². The quantitative estimate of drug-likeness (QED) is 0.898. The fourth-order valence-electron chi connectivity index (χ4n) is 3.55. The Morgan fingerprint density at radius 2 is 1.70 bits per heavy atom. The van der Waals surface area contributed by atoms with Crippen LogP contribution in [0.15, 0.2) is 54.6 Å². The van der Waals surface area contributed by atoms with Crippen molar-refractivity contribution in [1.29, 1.82) is 0 Å². The van der Waals surface area contributed by atoms with E-state index in [1.807, 2.05) is 0 Å². The van der Waals surface area contributed by atoms with Gasteiger partial charge in [-0.15, -0.1) is 0 Å². The van der Waals surface area contributed by atoms with Crippen LogP contribution in [0.4, 0.5) is 0 Å². The molecule has 2 nitrogen and oxygen atoms in total. The molecule has 122 valence electrons. The Balaban J connectivity index is 1.55. The van der Waals surface area contributed by atoms with Gasteiger partial charge in [-0.2, -0.15) is 0 Å². The van der Waals surface area contributed by atoms with Crippen molar-refractivity contribution in [2.24, 2.45) is 5.92 Å². The lowest BCUT2D eigenvalue weighted by atomic mass is 9.95. The number of aryl methyl sites for hydroxylation is 1. The van der Waals surface area contributed by atoms with Crippen molar-refractivity contribution in [3.8, 4) is 0 Å². The summed E-state index contributed by atoms with van der Waals surface area (Å²) in [6, 6.07) is 20.3. The first-order valence-corrected chi connectivity index (χ1v) is 8.74. The largest absolute Gasteiger partial charge is 0.309 e. The van der Waals surface area contributed by atoms with Crippen LogP contribution in [-0.4, -0.2) is 24.0 Å². The van der Waals surface area contributed by atoms with Crippen molar-refractivity contribution in [3.63, 3.8) is 0 Å². The molecule has 0 radical (unpaired) electrons. The second-order valence-electron chi connectivity index (χ2n) is 7.08. The zero-order chi connectivity index (χ0) is 16.1. The minimum Gasteiger partial charge on any atom is -0.309 e. The Morgan fingerprint density at radius 3 is 2.43 bits per heavy atom. The molecule has 0 spiro atoms. The fourth-order valence-corrected chi connectivity index (χ4v) is 3.55. The van der Waals surface area contributed by atoms with Crippen LogP contribution in [0.1, 0.15) is 30.0 Å². The van der Waals surface area contributed by atoms with E-state index in [4.69, 9.17) is 0 Å². The number of hydrogen-bond donors (Lipinski definition) is 1. The standard InChI is InChI=1S/C21H28N2/c1-17-8-10-20(11-9-17)15-23-14-18(2)12-21(16-23)22-13-19-6-4-3-5-7-19/h3-11,18,21-22H,12-16H2,1-2H3. The normalized spacial score (nSPS) is 22.2. The highest BCUT2D eigenvalue weighted by Gasteiger charge is 2.24. The molecule has 1 aliphatic heterocycles. The summed E-state index contributed by atoms with van der Waals surface area (Å²) in [7, 11) is 0. The highest BCUT2D eigenvalue weighted by atomic mass is 15.2. The molecule has 3 rings (SSSR count). The van der Waals surface area contributed by atoms with Crippen LogP contribution in [0.5, 0.6) is 0 Å². The van der Waals surface area contributed by atoms with E-state index in [0.717, 1.165) is 25.6 Å². The Labute approximate surface area is 140 Å². The highest BCUT2D eigenvalue weighted by Crippen LogP contribution is 2.19. The molecular weight excluding hydrogens is 280 g/mol. The van der Waals surface area contributed by atoms with Gasteiger partial charge in [-0.25, -0.2) is 0 Å². The first-order chi connectivity index (χ1) is 11.2. The van der Waals surface area contributed by atoms with Crippen LogP contribution in [0.3, 0.4) is 0 Å². The molecule has 1 heterocycles. The van der Waals surface area contributed by atoms with Crippen LogP contribution in [-0.2, 0) is 13.1 Å². The molecule has 1 saturated heterocycles. The van der Waals surface area contributed by atoms with Crippen molar-refractivity contribution >= 4 is 0 Å². The first kappa shape index (κ1) is 16.2. The van der Waals surface area contributed by atoms with E-state index in [1.54, 1.807) is 0 Å². The lowest BCUT2D eigenvalue weighted by Gasteiger charge is -2.37. The summed E-state index contributed by atoms with van der Waals surface area (Å²) in [5.41, 5.74) is 4.13. The van der Waals surface area contributed by atoms with E-state index in [2.05, 4.69) is 78.7 Å². The Morgan fingerprint density at radius 1 is 0.957 bits per heavy atom. The number of benzene rings is 2. The lowest BCUT2D eigenvalue weighted by molar-refractivity contribution is 0.142. The van der Waals surface area contributed by atoms with Crippen LogP contribution in [0, 0.1) is 12.8 Å². The third-order valence-electron chi connectivity index (χ3n) is 4.70. The number of likely N-dealkylation sites (tertiary alicyclic amines) is 1. The minimum absolute atomic E-state index is 0.587. The van der Waals surface area contributed by atoms with Gasteiger partial charge in [0.2, 0.25) is 0 Å². The highest BCUT2D eigenvalue weighted by molar-refractivity contribution is 5.21. The van der Waals surface area contributed by atoms with E-state index in [0.29, 0.717) is 6.04 Å². The van der Waals surface area contributed by atoms with Crippen molar-refractivity contribution in [2.75, 3.05) is 13.1 Å². The van der Waals surface area contributed by atoms with Gasteiger partial charge in [-0.1, -0.05) is 67.1 Å². The van der Waals surface area contributed by atoms with Gasteiger partial charge in [0.1, 0.15) is 0 Å². The summed E-state index contributed by atoms with van der Waals surface area (Å²) < 4.78 is 0. The minimum atomic E-state index is 0.587. The molecule has 2 aromatic carbocycles. The maximum Gasteiger partial charge on any atom is 0.0234 e. The van der Waals surface area contributed by atoms with Crippen LogP contribution < -0.4 is 5.32 Å². The molecule has 0 aromatic heterocycles. The zero-order valence-electron chi connectivity index (χ0n) is 14.3. The average Bonchev–Trinajstić information content (AvgIpc) is 2.56. The summed E-state index contributed by atoms with van der Waals surface area (Å²) in [4.78, 5) is 2.60. The first-order valence-electron chi connectivity index (χ1n) is 8.74. The van der Waals surface area contributed by atoms with Gasteiger partial charge in [0, 0.05) is 32.2 Å². The van der Waals surface area contributed by atoms with Crippen LogP contribution in [0.25, 0.3) is 0 Å². The van der Waals surface area contributed by atoms with Crippen molar-refractivity contribution < 1.29 is 0 Å². The van der Waals surface area contributed by atoms with E-state index in [-0.39, 0.29) is 0 Å². The Bertz CT molecular complexity index is 591. The summed E-state index contributed by atoms with van der Waals surface area (Å²) >= 11 is 0. The van der Waals surface area contributed by atoms with Crippen LogP contribution in [0.2, 0.25) is 0 Å². The molecule has 0 aliphatic carbocycles. The molecule has 2 aromatic rings. The maximum absolute atomic E-state index is 3.75. The van der Waals surface area contributed by atoms with E-state index in [9.17, 15) is 0 Å². The number of rotatable bonds is 5. The van der Waals surface area contributed by atoms with Gasteiger partial charge < -0.3 is 5.32 Å². The molecule has 0 amide bonds. The third-order valence-corrected chi connectivity index (χ3v) is 4.70. The fraction of sp³-hybridized carbons (Fsp3) is 0.429. The second kappa shape index (κ2) is 7.76. The van der Waals surface area contributed by atoms with Gasteiger partial charge in [-0.05, 0) is 30.4 Å². The van der Waals surface area contributed by atoms with Crippen LogP contribution >= 0.6 is 0 Å². The predicted octanol–water partition coefficient (Wildman–Crippen LogP) is 4.00. The Kier molecular flexibility index (Phi) is 5.47. The summed E-state index contributed by atoms with van der Waals surface area (Å²) in [5.74, 6) is 0.752. The molecular formula is C21H28N2. The second-order valence-corrected chi connectivity index (χ2v) is 7.08. The topological polar surface area (TPSA) is 15.3 Å². The van der Waals surface area contributed by atoms with Gasteiger partial charge in [0.15, 0.2) is 0 Å². The molecule has 2 unspecified atom stereocenters. The van der Waals surface area contributed by atoms with Crippen molar-refractivity contribution in [2.45, 2.75) is 39.4 Å². The SMILES string of the molecule is Cc1ccc(CN2CC(C)CC(NCc3ccccc3)C2)cc1. The smallest absolute Gasteiger partial charge is 0.0234 e. The lowest BCUT2D eigenvalue weighted by Crippen LogP contribution is -2.48. The number of nitrogens with one attached hydrogen (secondary N) is 1. The number of hydrogen-bond acceptors (Lipinski definition) is 2. The molecule has 1 aliphatic rings. The van der Waals surface area contributed by atoms with Gasteiger partial charge in [-0.3, -0.25) is 4.90 Å². The Hall–Kier alpha value is -1.64. The van der Waals surface area contributed by atoms with E-state index in [1.165, 1.54) is 29.7 Å². The molecule has 23 heavy (non-hydrogen) atoms. The summed E-state index contributed by atoms with van der Waals surface area (Å²) in [5, 5.41) is 3.75. The molecule has 1 N–H and O–H groups in total. The molecule has 0 bridgehead atoms. The maximum atomic E-state index is 3.75. The molecule has 2 heteroatoms. The third kappa shape index (κ3) is 4.92. The van der Waals surface area contributed by atoms with Crippen molar-refractivity contribution in [1.82, 2.24) is 10.2 Å². The predicted molar refractivity (Wildman–Crippen MR) is 97.3 cm³/mol. The zero-order valence-corrected chi connectivity index (χ0v) is 14.3. The van der Waals surface area contributed by atoms with Gasteiger partial charge in [0.05, 0.1) is 0 Å². The monoisotopic (exact) mass is 308 g/mol.